The maximum absolute atomic E-state index is 11.8. The first kappa shape index (κ1) is 17.4. The summed E-state index contributed by atoms with van der Waals surface area (Å²) in [6.07, 6.45) is 0. The molecule has 0 aliphatic rings. The molecule has 0 aliphatic carbocycles. The van der Waals surface area contributed by atoms with Gasteiger partial charge in [-0.05, 0) is 18.9 Å². The van der Waals surface area contributed by atoms with E-state index in [1.54, 1.807) is 0 Å². The molecule has 1 rings (SSSR count). The molecule has 0 bridgehead atoms. The lowest BCUT2D eigenvalue weighted by molar-refractivity contribution is -0.384. The van der Waals surface area contributed by atoms with Gasteiger partial charge in [0, 0.05) is 18.2 Å². The maximum atomic E-state index is 11.8. The Hall–Kier alpha value is -2.64. The number of nitro groups is 1. The second kappa shape index (κ2) is 7.39. The lowest BCUT2D eigenvalue weighted by Crippen LogP contribution is -2.38. The Kier molecular flexibility index (Phi) is 5.85. The number of nitrogen functional groups attached to an aromatic ring is 1. The number of non-ortho nitro benzene ring substituents is 1. The number of benzene rings is 1. The predicted octanol–water partition coefficient (Wildman–Crippen LogP) is 1.49. The van der Waals surface area contributed by atoms with Crippen molar-refractivity contribution in [1.29, 1.82) is 0 Å². The molecule has 0 aliphatic heterocycles. The topological polar surface area (TPSA) is 125 Å². The molecule has 0 heterocycles. The van der Waals surface area contributed by atoms with E-state index < -0.39 is 23.4 Å². The standard InChI is InChI=1S/C14H19N3O5/c1-8(2)9(3)16-13(18)7-22-14(19)11-5-4-10(17(20)21)6-12(11)15/h4-6,8-9H,7,15H2,1-3H3,(H,16,18)/t9-/m1/s1. The maximum Gasteiger partial charge on any atom is 0.340 e. The highest BCUT2D eigenvalue weighted by Gasteiger charge is 2.17. The molecule has 0 aromatic heterocycles. The minimum atomic E-state index is -0.806. The number of nitrogens with zero attached hydrogens (tertiary/aromatic N) is 1. The van der Waals surface area contributed by atoms with Crippen molar-refractivity contribution in [2.45, 2.75) is 26.8 Å². The molecule has 0 radical (unpaired) electrons. The molecule has 1 aromatic rings. The second-order valence-electron chi connectivity index (χ2n) is 5.21. The van der Waals surface area contributed by atoms with E-state index in [0.717, 1.165) is 12.1 Å². The molecule has 1 amide bonds. The van der Waals surface area contributed by atoms with Gasteiger partial charge in [-0.25, -0.2) is 4.79 Å². The minimum absolute atomic E-state index is 0.0182. The van der Waals surface area contributed by atoms with Gasteiger partial charge in [0.25, 0.3) is 11.6 Å². The number of esters is 1. The number of nitro benzene ring substituents is 1. The second-order valence-corrected chi connectivity index (χ2v) is 5.21. The van der Waals surface area contributed by atoms with Gasteiger partial charge in [-0.1, -0.05) is 13.8 Å². The summed E-state index contributed by atoms with van der Waals surface area (Å²) in [5.74, 6) is -0.972. The molecule has 3 N–H and O–H groups in total. The van der Waals surface area contributed by atoms with E-state index in [1.807, 2.05) is 20.8 Å². The number of amides is 1. The summed E-state index contributed by atoms with van der Waals surface area (Å²) in [4.78, 5) is 33.4. The van der Waals surface area contributed by atoms with Gasteiger partial charge < -0.3 is 15.8 Å². The van der Waals surface area contributed by atoms with Gasteiger partial charge in [0.15, 0.2) is 6.61 Å². The van der Waals surface area contributed by atoms with Crippen molar-refractivity contribution in [1.82, 2.24) is 5.32 Å². The Morgan fingerprint density at radius 2 is 2.00 bits per heavy atom. The highest BCUT2D eigenvalue weighted by molar-refractivity contribution is 5.96. The minimum Gasteiger partial charge on any atom is -0.452 e. The Morgan fingerprint density at radius 3 is 2.50 bits per heavy atom. The van der Waals surface area contributed by atoms with Crippen LogP contribution < -0.4 is 11.1 Å². The van der Waals surface area contributed by atoms with Crippen molar-refractivity contribution >= 4 is 23.3 Å². The lowest BCUT2D eigenvalue weighted by atomic mass is 10.1. The van der Waals surface area contributed by atoms with E-state index in [9.17, 15) is 19.7 Å². The monoisotopic (exact) mass is 309 g/mol. The summed E-state index contributed by atoms with van der Waals surface area (Å²) in [6, 6.07) is 3.37. The van der Waals surface area contributed by atoms with E-state index in [0.29, 0.717) is 0 Å². The Labute approximate surface area is 127 Å². The molecule has 8 nitrogen and oxygen atoms in total. The number of hydrogen-bond acceptors (Lipinski definition) is 6. The van der Waals surface area contributed by atoms with E-state index >= 15 is 0 Å². The molecule has 1 atom stereocenters. The van der Waals surface area contributed by atoms with Gasteiger partial charge in [0.2, 0.25) is 0 Å². The summed E-state index contributed by atoms with van der Waals surface area (Å²) in [7, 11) is 0. The number of nitrogens with two attached hydrogens (primary N) is 1. The first-order chi connectivity index (χ1) is 10.2. The molecule has 0 saturated carbocycles. The van der Waals surface area contributed by atoms with Crippen molar-refractivity contribution in [3.05, 3.63) is 33.9 Å². The third kappa shape index (κ3) is 4.72. The highest BCUT2D eigenvalue weighted by atomic mass is 16.6. The Morgan fingerprint density at radius 1 is 1.36 bits per heavy atom. The first-order valence-electron chi connectivity index (χ1n) is 6.72. The highest BCUT2D eigenvalue weighted by Crippen LogP contribution is 2.20. The first-order valence-corrected chi connectivity index (χ1v) is 6.72. The summed E-state index contributed by atoms with van der Waals surface area (Å²) in [5, 5.41) is 13.3. The number of carbonyl (C=O) groups excluding carboxylic acids is 2. The number of carbonyl (C=O) groups is 2. The molecule has 0 saturated heterocycles. The van der Waals surface area contributed by atoms with Crippen LogP contribution in [0.5, 0.6) is 0 Å². The molecule has 1 aromatic carbocycles. The lowest BCUT2D eigenvalue weighted by Gasteiger charge is -2.17. The third-order valence-corrected chi connectivity index (χ3v) is 3.19. The van der Waals surface area contributed by atoms with Crippen LogP contribution >= 0.6 is 0 Å². The van der Waals surface area contributed by atoms with Crippen LogP contribution in [0.4, 0.5) is 11.4 Å². The fourth-order valence-electron chi connectivity index (χ4n) is 1.52. The molecular weight excluding hydrogens is 290 g/mol. The van der Waals surface area contributed by atoms with Crippen LogP contribution in [0.3, 0.4) is 0 Å². The van der Waals surface area contributed by atoms with Gasteiger partial charge in [0.05, 0.1) is 16.2 Å². The number of hydrogen-bond donors (Lipinski definition) is 2. The van der Waals surface area contributed by atoms with Crippen LogP contribution in [0, 0.1) is 16.0 Å². The van der Waals surface area contributed by atoms with Gasteiger partial charge in [-0.2, -0.15) is 0 Å². The average Bonchev–Trinajstić information content (AvgIpc) is 2.44. The zero-order valence-electron chi connectivity index (χ0n) is 12.7. The van der Waals surface area contributed by atoms with E-state index in [2.05, 4.69) is 5.32 Å². The molecule has 8 heteroatoms. The quantitative estimate of drug-likeness (QED) is 0.355. The predicted molar refractivity (Wildman–Crippen MR) is 80.2 cm³/mol. The molecule has 0 unspecified atom stereocenters. The summed E-state index contributed by atoms with van der Waals surface area (Å²) < 4.78 is 4.85. The fraction of sp³-hybridized carbons (Fsp3) is 0.429. The van der Waals surface area contributed by atoms with Gasteiger partial charge in [-0.15, -0.1) is 0 Å². The number of anilines is 1. The number of rotatable bonds is 6. The average molecular weight is 309 g/mol. The normalized spacial score (nSPS) is 11.8. The number of nitrogens with one attached hydrogen (secondary N) is 1. The van der Waals surface area contributed by atoms with Crippen LogP contribution in [-0.2, 0) is 9.53 Å². The Balaban J connectivity index is 2.63. The third-order valence-electron chi connectivity index (χ3n) is 3.19. The van der Waals surface area contributed by atoms with Crippen LogP contribution in [0.2, 0.25) is 0 Å². The smallest absolute Gasteiger partial charge is 0.340 e. The van der Waals surface area contributed by atoms with Crippen LogP contribution in [0.15, 0.2) is 18.2 Å². The SMILES string of the molecule is CC(C)[C@@H](C)NC(=O)COC(=O)c1ccc([N+](=O)[O-])cc1N. The van der Waals surface area contributed by atoms with Gasteiger partial charge >= 0.3 is 5.97 Å². The Bertz CT molecular complexity index is 586. The molecule has 0 spiro atoms. The molecular formula is C14H19N3O5. The van der Waals surface area contributed by atoms with E-state index in [-0.39, 0.29) is 28.9 Å². The van der Waals surface area contributed by atoms with E-state index in [4.69, 9.17) is 10.5 Å². The fourth-order valence-corrected chi connectivity index (χ4v) is 1.52. The van der Waals surface area contributed by atoms with Crippen molar-refractivity contribution in [2.75, 3.05) is 12.3 Å². The summed E-state index contributed by atoms with van der Waals surface area (Å²) in [5.41, 5.74) is 5.26. The van der Waals surface area contributed by atoms with Crippen molar-refractivity contribution in [3.8, 4) is 0 Å². The van der Waals surface area contributed by atoms with Crippen molar-refractivity contribution < 1.29 is 19.2 Å². The zero-order valence-corrected chi connectivity index (χ0v) is 12.7. The molecule has 120 valence electrons. The van der Waals surface area contributed by atoms with Crippen LogP contribution in [0.25, 0.3) is 0 Å². The zero-order chi connectivity index (χ0) is 16.9. The van der Waals surface area contributed by atoms with E-state index in [1.165, 1.54) is 6.07 Å². The van der Waals surface area contributed by atoms with Crippen molar-refractivity contribution in [3.63, 3.8) is 0 Å². The van der Waals surface area contributed by atoms with Crippen molar-refractivity contribution in [2.24, 2.45) is 5.92 Å². The molecule has 22 heavy (non-hydrogen) atoms. The summed E-state index contributed by atoms with van der Waals surface area (Å²) in [6.45, 7) is 5.31. The van der Waals surface area contributed by atoms with Gasteiger partial charge in [0.1, 0.15) is 0 Å². The van der Waals surface area contributed by atoms with Gasteiger partial charge in [-0.3, -0.25) is 14.9 Å². The van der Waals surface area contributed by atoms with Crippen LogP contribution in [-0.4, -0.2) is 29.4 Å². The van der Waals surface area contributed by atoms with Crippen LogP contribution in [0.1, 0.15) is 31.1 Å². The largest absolute Gasteiger partial charge is 0.452 e. The summed E-state index contributed by atoms with van der Waals surface area (Å²) >= 11 is 0. The number of ether oxygens (including phenoxy) is 1. The molecule has 0 fully saturated rings.